The number of aromatic nitrogens is 1. The van der Waals surface area contributed by atoms with Crippen LogP contribution in [0, 0.1) is 12.8 Å². The molecular weight excluding hydrogens is 446 g/mol. The van der Waals surface area contributed by atoms with Gasteiger partial charge in [0.1, 0.15) is 11.6 Å². The number of ether oxygens (including phenoxy) is 1. The van der Waals surface area contributed by atoms with Crippen molar-refractivity contribution < 1.29 is 14.3 Å². The number of amides is 2. The predicted molar refractivity (Wildman–Crippen MR) is 135 cm³/mol. The van der Waals surface area contributed by atoms with E-state index in [0.717, 1.165) is 29.1 Å². The summed E-state index contributed by atoms with van der Waals surface area (Å²) in [5.74, 6) is -0.251. The van der Waals surface area contributed by atoms with Crippen molar-refractivity contribution >= 4 is 23.2 Å². The summed E-state index contributed by atoms with van der Waals surface area (Å²) in [5.41, 5.74) is 5.58. The Morgan fingerprint density at radius 1 is 1.09 bits per heavy atom. The van der Waals surface area contributed by atoms with Crippen molar-refractivity contribution in [3.8, 4) is 22.4 Å². The Bertz CT molecular complexity index is 1110. The van der Waals surface area contributed by atoms with E-state index in [1.54, 1.807) is 16.2 Å². The molecule has 6 nitrogen and oxygen atoms in total. The van der Waals surface area contributed by atoms with Crippen LogP contribution in [0.2, 0.25) is 0 Å². The normalized spacial score (nSPS) is 15.8. The summed E-state index contributed by atoms with van der Waals surface area (Å²) in [6, 6.07) is 16.9. The van der Waals surface area contributed by atoms with Gasteiger partial charge in [-0.1, -0.05) is 54.1 Å². The Morgan fingerprint density at radius 3 is 2.47 bits per heavy atom. The number of piperidine rings is 1. The van der Waals surface area contributed by atoms with Gasteiger partial charge in [0.2, 0.25) is 11.8 Å². The van der Waals surface area contributed by atoms with Gasteiger partial charge in [-0.15, -0.1) is 11.3 Å². The topological polar surface area (TPSA) is 71.5 Å². The maximum atomic E-state index is 12.7. The minimum Gasteiger partial charge on any atom is -0.372 e. The molecule has 1 unspecified atom stereocenters. The fraction of sp³-hybridized carbons (Fsp3) is 0.370. The summed E-state index contributed by atoms with van der Waals surface area (Å²) in [7, 11) is 0. The number of rotatable bonds is 8. The van der Waals surface area contributed by atoms with E-state index < -0.39 is 0 Å². The van der Waals surface area contributed by atoms with E-state index in [0.29, 0.717) is 26.2 Å². The second kappa shape index (κ2) is 11.4. The molecular formula is C27H31N3O3S. The van der Waals surface area contributed by atoms with Crippen LogP contribution < -0.4 is 5.32 Å². The first-order valence-electron chi connectivity index (χ1n) is 11.8. The third kappa shape index (κ3) is 6.10. The number of hydrogen-bond donors (Lipinski definition) is 1. The monoisotopic (exact) mass is 477 g/mol. The van der Waals surface area contributed by atoms with Gasteiger partial charge >= 0.3 is 0 Å². The lowest BCUT2D eigenvalue weighted by Crippen LogP contribution is -2.46. The van der Waals surface area contributed by atoms with Crippen LogP contribution >= 0.6 is 11.3 Å². The summed E-state index contributed by atoms with van der Waals surface area (Å²) in [6.07, 6.45) is 1.62. The summed E-state index contributed by atoms with van der Waals surface area (Å²) in [6.45, 7) is 6.08. The Kier molecular flexibility index (Phi) is 8.08. The van der Waals surface area contributed by atoms with Crippen molar-refractivity contribution in [2.75, 3.05) is 26.3 Å². The molecule has 1 aliphatic heterocycles. The number of benzene rings is 2. The Morgan fingerprint density at radius 2 is 1.76 bits per heavy atom. The smallest absolute Gasteiger partial charge is 0.248 e. The molecule has 34 heavy (non-hydrogen) atoms. The molecule has 178 valence electrons. The fourth-order valence-corrected chi connectivity index (χ4v) is 4.85. The minimum atomic E-state index is -0.187. The summed E-state index contributed by atoms with van der Waals surface area (Å²) in [5, 5.41) is 5.90. The van der Waals surface area contributed by atoms with Gasteiger partial charge in [-0.2, -0.15) is 0 Å². The first-order valence-corrected chi connectivity index (χ1v) is 12.7. The van der Waals surface area contributed by atoms with Crippen molar-refractivity contribution in [1.29, 1.82) is 0 Å². The van der Waals surface area contributed by atoms with Crippen LogP contribution in [0.15, 0.2) is 53.9 Å². The summed E-state index contributed by atoms with van der Waals surface area (Å²) in [4.78, 5) is 31.4. The molecule has 1 aliphatic rings. The first-order chi connectivity index (χ1) is 16.5. The van der Waals surface area contributed by atoms with Crippen molar-refractivity contribution in [3.63, 3.8) is 0 Å². The average molecular weight is 478 g/mol. The van der Waals surface area contributed by atoms with Crippen molar-refractivity contribution in [1.82, 2.24) is 15.2 Å². The van der Waals surface area contributed by atoms with Gasteiger partial charge in [0.25, 0.3) is 0 Å². The SMILES string of the molecule is CCOCC(=O)N1CCCC(C(=O)NCc2nc(-c3ccc(-c4ccc(C)cc4)cc3)cs2)C1. The zero-order valence-electron chi connectivity index (χ0n) is 19.8. The predicted octanol–water partition coefficient (Wildman–Crippen LogP) is 4.68. The first kappa shape index (κ1) is 24.1. The van der Waals surface area contributed by atoms with Gasteiger partial charge in [-0.05, 0) is 37.8 Å². The van der Waals surface area contributed by atoms with E-state index in [1.165, 1.54) is 16.7 Å². The van der Waals surface area contributed by atoms with Crippen LogP contribution in [-0.4, -0.2) is 48.0 Å². The lowest BCUT2D eigenvalue weighted by molar-refractivity contribution is -0.139. The van der Waals surface area contributed by atoms with E-state index in [4.69, 9.17) is 9.72 Å². The lowest BCUT2D eigenvalue weighted by Gasteiger charge is -2.32. The number of aryl methyl sites for hydroxylation is 1. The number of nitrogens with zero attached hydrogens (tertiary/aromatic N) is 2. The number of hydrogen-bond acceptors (Lipinski definition) is 5. The van der Waals surface area contributed by atoms with E-state index in [9.17, 15) is 9.59 Å². The molecule has 3 aromatic rings. The molecule has 0 bridgehead atoms. The van der Waals surface area contributed by atoms with Gasteiger partial charge in [-0.3, -0.25) is 9.59 Å². The zero-order valence-corrected chi connectivity index (χ0v) is 20.6. The summed E-state index contributed by atoms with van der Waals surface area (Å²) < 4.78 is 5.22. The highest BCUT2D eigenvalue weighted by Crippen LogP contribution is 2.26. The maximum absolute atomic E-state index is 12.7. The third-order valence-electron chi connectivity index (χ3n) is 6.11. The number of carbonyl (C=O) groups excluding carboxylic acids is 2. The van der Waals surface area contributed by atoms with E-state index in [2.05, 4.69) is 60.8 Å². The maximum Gasteiger partial charge on any atom is 0.248 e. The van der Waals surface area contributed by atoms with Gasteiger partial charge < -0.3 is 15.0 Å². The Labute approximate surface area is 205 Å². The van der Waals surface area contributed by atoms with Crippen LogP contribution in [0.1, 0.15) is 30.3 Å². The second-order valence-corrected chi connectivity index (χ2v) is 9.55. The van der Waals surface area contributed by atoms with Gasteiger partial charge in [0, 0.05) is 30.6 Å². The minimum absolute atomic E-state index is 0.0203. The molecule has 1 aromatic heterocycles. The zero-order chi connectivity index (χ0) is 23.9. The van der Waals surface area contributed by atoms with E-state index in [1.807, 2.05) is 12.3 Å². The molecule has 1 saturated heterocycles. The Hall–Kier alpha value is -3.03. The van der Waals surface area contributed by atoms with Crippen LogP contribution in [-0.2, 0) is 20.9 Å². The van der Waals surface area contributed by atoms with E-state index in [-0.39, 0.29) is 24.3 Å². The van der Waals surface area contributed by atoms with Crippen molar-refractivity contribution in [3.05, 3.63) is 64.5 Å². The quantitative estimate of drug-likeness (QED) is 0.512. The molecule has 7 heteroatoms. The molecule has 0 radical (unpaired) electrons. The fourth-order valence-electron chi connectivity index (χ4n) is 4.11. The van der Waals surface area contributed by atoms with Crippen molar-refractivity contribution in [2.45, 2.75) is 33.2 Å². The molecule has 1 fully saturated rings. The molecule has 0 saturated carbocycles. The highest BCUT2D eigenvalue weighted by atomic mass is 32.1. The van der Waals surface area contributed by atoms with E-state index >= 15 is 0 Å². The molecule has 4 rings (SSSR count). The number of nitrogens with one attached hydrogen (secondary N) is 1. The molecule has 2 heterocycles. The molecule has 2 aromatic carbocycles. The van der Waals surface area contributed by atoms with Gasteiger partial charge in [-0.25, -0.2) is 4.98 Å². The van der Waals surface area contributed by atoms with Crippen molar-refractivity contribution in [2.24, 2.45) is 5.92 Å². The molecule has 0 aliphatic carbocycles. The highest BCUT2D eigenvalue weighted by molar-refractivity contribution is 7.09. The highest BCUT2D eigenvalue weighted by Gasteiger charge is 2.28. The standard InChI is InChI=1S/C27H31N3O3S/c1-3-33-17-26(31)30-14-4-5-23(16-30)27(32)28-15-25-29-24(18-34-25)22-12-10-21(11-13-22)20-8-6-19(2)7-9-20/h6-13,18,23H,3-5,14-17H2,1-2H3,(H,28,32). The van der Waals surface area contributed by atoms with Crippen LogP contribution in [0.4, 0.5) is 0 Å². The molecule has 1 atom stereocenters. The third-order valence-corrected chi connectivity index (χ3v) is 6.95. The van der Waals surface area contributed by atoms with Crippen LogP contribution in [0.5, 0.6) is 0 Å². The Balaban J connectivity index is 1.31. The molecule has 2 amide bonds. The largest absolute Gasteiger partial charge is 0.372 e. The average Bonchev–Trinajstić information content (AvgIpc) is 3.35. The van der Waals surface area contributed by atoms with Crippen LogP contribution in [0.25, 0.3) is 22.4 Å². The molecule has 0 spiro atoms. The van der Waals surface area contributed by atoms with Gasteiger partial charge in [0.05, 0.1) is 18.2 Å². The second-order valence-electron chi connectivity index (χ2n) is 8.60. The summed E-state index contributed by atoms with van der Waals surface area (Å²) >= 11 is 1.54. The number of likely N-dealkylation sites (tertiary alicyclic amines) is 1. The van der Waals surface area contributed by atoms with Crippen LogP contribution in [0.3, 0.4) is 0 Å². The van der Waals surface area contributed by atoms with Gasteiger partial charge in [0.15, 0.2) is 0 Å². The number of carbonyl (C=O) groups is 2. The molecule has 1 N–H and O–H groups in total. The lowest BCUT2D eigenvalue weighted by atomic mass is 9.97. The number of thiazole rings is 1.